The van der Waals surface area contributed by atoms with Crippen molar-refractivity contribution in [1.82, 2.24) is 19.7 Å². The van der Waals surface area contributed by atoms with Gasteiger partial charge < -0.3 is 9.80 Å². The van der Waals surface area contributed by atoms with E-state index < -0.39 is 0 Å². The van der Waals surface area contributed by atoms with E-state index in [1.165, 1.54) is 49.0 Å². The van der Waals surface area contributed by atoms with Crippen LogP contribution in [0.4, 0.5) is 5.95 Å². The van der Waals surface area contributed by atoms with Crippen LogP contribution >= 0.6 is 11.3 Å². The molecule has 1 amide bonds. The lowest BCUT2D eigenvalue weighted by Crippen LogP contribution is -2.38. The Kier molecular flexibility index (Phi) is 4.87. The number of carbonyl (C=O) groups is 1. The average molecular weight is 400 g/mol. The largest absolute Gasteiger partial charge is 0.339 e. The number of fused-ring (bicyclic) bond motifs is 1. The molecule has 0 radical (unpaired) electrons. The number of carbonyl (C=O) groups excluding carboxylic acids is 1. The number of thiophene rings is 1. The number of amides is 1. The van der Waals surface area contributed by atoms with Gasteiger partial charge in [-0.3, -0.25) is 9.36 Å². The Morgan fingerprint density at radius 2 is 1.89 bits per heavy atom. The van der Waals surface area contributed by atoms with Crippen molar-refractivity contribution < 1.29 is 4.79 Å². The Hall–Kier alpha value is -1.89. The summed E-state index contributed by atoms with van der Waals surface area (Å²) in [7, 11) is 2.08. The first-order chi connectivity index (χ1) is 13.7. The van der Waals surface area contributed by atoms with Crippen LogP contribution in [0.25, 0.3) is 10.7 Å². The van der Waals surface area contributed by atoms with Gasteiger partial charge in [0.05, 0.1) is 10.9 Å². The number of rotatable bonds is 3. The summed E-state index contributed by atoms with van der Waals surface area (Å²) in [5.74, 6) is 2.24. The second-order valence-corrected chi connectivity index (χ2v) is 9.57. The van der Waals surface area contributed by atoms with Crippen molar-refractivity contribution in [3.05, 3.63) is 16.5 Å². The van der Waals surface area contributed by atoms with E-state index >= 15 is 0 Å². The molecular weight excluding hydrogens is 370 g/mol. The Morgan fingerprint density at radius 1 is 1.04 bits per heavy atom. The summed E-state index contributed by atoms with van der Waals surface area (Å²) in [6.07, 6.45) is 10.5. The molecule has 6 nitrogen and oxygen atoms in total. The molecule has 0 bridgehead atoms. The van der Waals surface area contributed by atoms with E-state index in [1.807, 2.05) is 11.3 Å². The molecule has 2 aliphatic heterocycles. The minimum Gasteiger partial charge on any atom is -0.339 e. The molecule has 5 rings (SSSR count). The molecule has 2 aromatic heterocycles. The van der Waals surface area contributed by atoms with Crippen LogP contribution in [0.1, 0.15) is 55.4 Å². The van der Waals surface area contributed by atoms with Gasteiger partial charge >= 0.3 is 0 Å². The summed E-state index contributed by atoms with van der Waals surface area (Å²) in [6, 6.07) is 2.69. The highest BCUT2D eigenvalue weighted by atomic mass is 32.1. The predicted molar refractivity (Wildman–Crippen MR) is 112 cm³/mol. The first-order valence-electron chi connectivity index (χ1n) is 10.8. The number of hydrogen-bond acceptors (Lipinski definition) is 5. The number of anilines is 1. The zero-order valence-corrected chi connectivity index (χ0v) is 17.5. The van der Waals surface area contributed by atoms with Crippen LogP contribution in [-0.4, -0.2) is 51.2 Å². The Morgan fingerprint density at radius 3 is 2.71 bits per heavy atom. The topological polar surface area (TPSA) is 54.3 Å². The highest BCUT2D eigenvalue weighted by Gasteiger charge is 2.34. The third kappa shape index (κ3) is 3.23. The van der Waals surface area contributed by atoms with Crippen LogP contribution in [0.3, 0.4) is 0 Å². The molecular formula is C21H29N5OS. The van der Waals surface area contributed by atoms with Crippen molar-refractivity contribution in [2.24, 2.45) is 7.05 Å². The summed E-state index contributed by atoms with van der Waals surface area (Å²) in [6.45, 7) is 2.74. The van der Waals surface area contributed by atoms with Crippen molar-refractivity contribution in [1.29, 1.82) is 0 Å². The van der Waals surface area contributed by atoms with Gasteiger partial charge in [-0.2, -0.15) is 0 Å². The molecule has 150 valence electrons. The standard InChI is InChI=1S/C21H29N5OS/c1-24-20(18-13-15-7-4-2-3-5-8-17(15)28-18)22-23-21(24)25-12-10-16(14-25)26-11-6-9-19(26)27/h13,16H,2-12,14H2,1H3. The SMILES string of the molecule is Cn1c(-c2cc3c(s2)CCCCCC3)nnc1N1CCC(N2CCCC2=O)C1. The van der Waals surface area contributed by atoms with Crippen molar-refractivity contribution in [3.63, 3.8) is 0 Å². The van der Waals surface area contributed by atoms with E-state index in [9.17, 15) is 4.79 Å². The lowest BCUT2D eigenvalue weighted by Gasteiger charge is -2.24. The normalized spacial score (nSPS) is 23.2. The van der Waals surface area contributed by atoms with Crippen LogP contribution in [0.2, 0.25) is 0 Å². The smallest absolute Gasteiger partial charge is 0.227 e. The zero-order valence-electron chi connectivity index (χ0n) is 16.7. The van der Waals surface area contributed by atoms with Gasteiger partial charge in [-0.15, -0.1) is 21.5 Å². The quantitative estimate of drug-likeness (QED) is 0.794. The van der Waals surface area contributed by atoms with Crippen LogP contribution < -0.4 is 4.90 Å². The predicted octanol–water partition coefficient (Wildman–Crippen LogP) is 3.40. The van der Waals surface area contributed by atoms with Gasteiger partial charge in [0, 0.05) is 38.0 Å². The lowest BCUT2D eigenvalue weighted by atomic mass is 10.00. The molecule has 0 saturated carbocycles. The van der Waals surface area contributed by atoms with E-state index in [0.717, 1.165) is 44.2 Å². The first kappa shape index (κ1) is 18.2. The van der Waals surface area contributed by atoms with Crippen LogP contribution in [0.15, 0.2) is 6.07 Å². The van der Waals surface area contributed by atoms with Crippen molar-refractivity contribution in [3.8, 4) is 10.7 Å². The molecule has 7 heteroatoms. The van der Waals surface area contributed by atoms with Gasteiger partial charge in [0.2, 0.25) is 11.9 Å². The third-order valence-corrected chi connectivity index (χ3v) is 7.80. The number of aryl methyl sites for hydroxylation is 2. The fourth-order valence-corrected chi connectivity index (χ4v) is 6.27. The van der Waals surface area contributed by atoms with Gasteiger partial charge in [-0.05, 0) is 50.2 Å². The molecule has 1 atom stereocenters. The minimum atomic E-state index is 0.321. The Labute approximate surface area is 170 Å². The average Bonchev–Trinajstić information content (AvgIpc) is 3.42. The summed E-state index contributed by atoms with van der Waals surface area (Å²) >= 11 is 1.91. The minimum absolute atomic E-state index is 0.321. The Balaban J connectivity index is 1.35. The first-order valence-corrected chi connectivity index (χ1v) is 11.6. The summed E-state index contributed by atoms with van der Waals surface area (Å²) in [5, 5.41) is 9.10. The van der Waals surface area contributed by atoms with Gasteiger partial charge in [0.15, 0.2) is 5.82 Å². The fraction of sp³-hybridized carbons (Fsp3) is 0.667. The monoisotopic (exact) mass is 399 g/mol. The molecule has 0 aromatic carbocycles. The molecule has 28 heavy (non-hydrogen) atoms. The number of aromatic nitrogens is 3. The highest BCUT2D eigenvalue weighted by molar-refractivity contribution is 7.15. The number of hydrogen-bond donors (Lipinski definition) is 0. The molecule has 4 heterocycles. The molecule has 1 unspecified atom stereocenters. The third-order valence-electron chi connectivity index (χ3n) is 6.57. The lowest BCUT2D eigenvalue weighted by molar-refractivity contribution is -0.129. The molecule has 2 fully saturated rings. The van der Waals surface area contributed by atoms with E-state index in [1.54, 1.807) is 4.88 Å². The van der Waals surface area contributed by atoms with E-state index in [2.05, 4.69) is 37.7 Å². The molecule has 2 aromatic rings. The summed E-state index contributed by atoms with van der Waals surface area (Å²) in [5.41, 5.74) is 1.53. The van der Waals surface area contributed by atoms with Crippen molar-refractivity contribution in [2.45, 2.75) is 63.8 Å². The highest BCUT2D eigenvalue weighted by Crippen LogP contribution is 2.35. The molecule has 0 spiro atoms. The van der Waals surface area contributed by atoms with Crippen LogP contribution in [-0.2, 0) is 24.7 Å². The van der Waals surface area contributed by atoms with Crippen LogP contribution in [0, 0.1) is 0 Å². The summed E-state index contributed by atoms with van der Waals surface area (Å²) < 4.78 is 2.15. The van der Waals surface area contributed by atoms with E-state index in [0.29, 0.717) is 18.4 Å². The van der Waals surface area contributed by atoms with E-state index in [4.69, 9.17) is 0 Å². The molecule has 0 N–H and O–H groups in total. The van der Waals surface area contributed by atoms with Gasteiger partial charge in [0.25, 0.3) is 0 Å². The molecule has 1 aliphatic carbocycles. The number of likely N-dealkylation sites (tertiary alicyclic amines) is 1. The van der Waals surface area contributed by atoms with Crippen LogP contribution in [0.5, 0.6) is 0 Å². The van der Waals surface area contributed by atoms with Crippen molar-refractivity contribution in [2.75, 3.05) is 24.5 Å². The Bertz CT molecular complexity index is 847. The van der Waals surface area contributed by atoms with Crippen molar-refractivity contribution >= 4 is 23.2 Å². The van der Waals surface area contributed by atoms with Gasteiger partial charge in [-0.1, -0.05) is 12.8 Å². The molecule has 2 saturated heterocycles. The second kappa shape index (κ2) is 7.50. The maximum atomic E-state index is 12.1. The second-order valence-electron chi connectivity index (χ2n) is 8.44. The maximum absolute atomic E-state index is 12.1. The maximum Gasteiger partial charge on any atom is 0.227 e. The zero-order chi connectivity index (χ0) is 19.1. The van der Waals surface area contributed by atoms with Gasteiger partial charge in [0.1, 0.15) is 0 Å². The fourth-order valence-electron chi connectivity index (χ4n) is 5.00. The molecule has 3 aliphatic rings. The van der Waals surface area contributed by atoms with Gasteiger partial charge in [-0.25, -0.2) is 0 Å². The summed E-state index contributed by atoms with van der Waals surface area (Å²) in [4.78, 5) is 19.3. The number of nitrogens with zero attached hydrogens (tertiary/aromatic N) is 5. The van der Waals surface area contributed by atoms with E-state index in [-0.39, 0.29) is 0 Å².